The Hall–Kier alpha value is -1.76. The molecule has 120 valence electrons. The van der Waals surface area contributed by atoms with Gasteiger partial charge in [0.15, 0.2) is 0 Å². The van der Waals surface area contributed by atoms with Crippen LogP contribution in [0.2, 0.25) is 0 Å². The average molecular weight is 290 g/mol. The maximum atomic E-state index is 3.84. The normalized spacial score (nSPS) is 10.7. The van der Waals surface area contributed by atoms with Crippen molar-refractivity contribution in [2.75, 3.05) is 0 Å². The van der Waals surface area contributed by atoms with Crippen LogP contribution in [0.15, 0.2) is 25.3 Å². The number of allylic oxidation sites excluding steroid dienone is 2. The van der Waals surface area contributed by atoms with Crippen LogP contribution in [0.5, 0.6) is 0 Å². The third-order valence-corrected chi connectivity index (χ3v) is 2.25. The number of nitrogens with one attached hydrogen (secondary N) is 1. The lowest BCUT2D eigenvalue weighted by Gasteiger charge is -1.89. The minimum atomic E-state index is 1.08. The molecular weight excluding hydrogens is 254 g/mol. The standard InChI is InChI=1S/C14H17N.3C2H6/c1-5-9-13-11(7-3)12(8-4)14(15-13)10-6-2;3*1-2/h5-10,15H,1,4H2,2-3H3;3*1-2H3/b10-6-,11-7-,13-9+;;;. The molecule has 1 aromatic rings. The van der Waals surface area contributed by atoms with Gasteiger partial charge in [-0.15, -0.1) is 0 Å². The van der Waals surface area contributed by atoms with Gasteiger partial charge in [0, 0.05) is 21.8 Å². The van der Waals surface area contributed by atoms with E-state index in [1.807, 2.05) is 79.7 Å². The zero-order chi connectivity index (χ0) is 17.3. The maximum absolute atomic E-state index is 3.84. The molecule has 0 amide bonds. The van der Waals surface area contributed by atoms with Crippen molar-refractivity contribution in [2.45, 2.75) is 55.4 Å². The molecule has 0 aliphatic rings. The molecule has 0 atom stereocenters. The SMILES string of the molecule is C=C/C=c1/[nH]c(/C=C\C)c(C=C)/c1=C/C.CC.CC.CC. The molecule has 1 nitrogen and oxygen atoms in total. The summed E-state index contributed by atoms with van der Waals surface area (Å²) in [5.41, 5.74) is 2.23. The van der Waals surface area contributed by atoms with Crippen LogP contribution in [0.25, 0.3) is 24.3 Å². The molecule has 0 bridgehead atoms. The number of rotatable bonds is 3. The van der Waals surface area contributed by atoms with Crippen LogP contribution in [0.4, 0.5) is 0 Å². The summed E-state index contributed by atoms with van der Waals surface area (Å²) in [5.74, 6) is 0. The quantitative estimate of drug-likeness (QED) is 0.752. The third kappa shape index (κ3) is 8.19. The summed E-state index contributed by atoms with van der Waals surface area (Å²) >= 11 is 0. The fourth-order valence-corrected chi connectivity index (χ4v) is 1.65. The largest absolute Gasteiger partial charge is 0.355 e. The van der Waals surface area contributed by atoms with E-state index in [0.29, 0.717) is 0 Å². The lowest BCUT2D eigenvalue weighted by molar-refractivity contribution is 1.29. The Morgan fingerprint density at radius 2 is 1.43 bits per heavy atom. The van der Waals surface area contributed by atoms with E-state index in [1.165, 1.54) is 5.22 Å². The van der Waals surface area contributed by atoms with Crippen molar-refractivity contribution in [3.63, 3.8) is 0 Å². The number of aromatic nitrogens is 1. The molecule has 21 heavy (non-hydrogen) atoms. The summed E-state index contributed by atoms with van der Waals surface area (Å²) in [6, 6.07) is 0. The predicted octanol–water partition coefficient (Wildman–Crippen LogP) is 5.54. The van der Waals surface area contributed by atoms with Crippen molar-refractivity contribution in [3.05, 3.63) is 47.1 Å². The van der Waals surface area contributed by atoms with Crippen molar-refractivity contribution in [2.24, 2.45) is 0 Å². The smallest absolute Gasteiger partial charge is 0.0461 e. The Labute approximate surface area is 132 Å². The highest BCUT2D eigenvalue weighted by Crippen LogP contribution is 2.02. The van der Waals surface area contributed by atoms with E-state index in [4.69, 9.17) is 0 Å². The molecule has 0 radical (unpaired) electrons. The van der Waals surface area contributed by atoms with Crippen LogP contribution in [-0.2, 0) is 0 Å². The molecule has 0 spiro atoms. The molecular formula is C20H35N. The highest BCUT2D eigenvalue weighted by molar-refractivity contribution is 5.64. The van der Waals surface area contributed by atoms with Crippen LogP contribution >= 0.6 is 0 Å². The number of hydrogen-bond donors (Lipinski definition) is 1. The molecule has 1 aromatic heterocycles. The zero-order valence-electron chi connectivity index (χ0n) is 15.4. The van der Waals surface area contributed by atoms with Crippen LogP contribution in [0, 0.1) is 0 Å². The molecule has 0 aromatic carbocycles. The monoisotopic (exact) mass is 289 g/mol. The third-order valence-electron chi connectivity index (χ3n) is 2.25. The Balaban J connectivity index is -0.000000478. The summed E-state index contributed by atoms with van der Waals surface area (Å²) in [6.07, 6.45) is 11.8. The lowest BCUT2D eigenvalue weighted by atomic mass is 10.2. The van der Waals surface area contributed by atoms with Crippen molar-refractivity contribution in [1.82, 2.24) is 4.98 Å². The van der Waals surface area contributed by atoms with Gasteiger partial charge < -0.3 is 4.98 Å². The average Bonchev–Trinajstić information content (AvgIpc) is 2.90. The van der Waals surface area contributed by atoms with Gasteiger partial charge in [-0.05, 0) is 26.0 Å². The number of hydrogen-bond acceptors (Lipinski definition) is 0. The van der Waals surface area contributed by atoms with Gasteiger partial charge in [-0.3, -0.25) is 0 Å². The summed E-state index contributed by atoms with van der Waals surface area (Å²) in [4.78, 5) is 3.34. The second kappa shape index (κ2) is 18.2. The fraction of sp³-hybridized carbons (Fsp3) is 0.400. The first-order valence-corrected chi connectivity index (χ1v) is 8.04. The number of H-pyrrole nitrogens is 1. The lowest BCUT2D eigenvalue weighted by Crippen LogP contribution is -2.23. The Morgan fingerprint density at radius 3 is 1.76 bits per heavy atom. The van der Waals surface area contributed by atoms with E-state index < -0.39 is 0 Å². The molecule has 0 fully saturated rings. The molecule has 0 saturated heterocycles. The van der Waals surface area contributed by atoms with E-state index in [2.05, 4.69) is 24.2 Å². The first-order valence-electron chi connectivity index (χ1n) is 8.04. The fourth-order valence-electron chi connectivity index (χ4n) is 1.65. The second-order valence-corrected chi connectivity index (χ2v) is 3.17. The maximum Gasteiger partial charge on any atom is 0.0461 e. The summed E-state index contributed by atoms with van der Waals surface area (Å²) in [7, 11) is 0. The van der Waals surface area contributed by atoms with Crippen LogP contribution in [0.3, 0.4) is 0 Å². The van der Waals surface area contributed by atoms with E-state index in [9.17, 15) is 0 Å². The van der Waals surface area contributed by atoms with Gasteiger partial charge >= 0.3 is 0 Å². The zero-order valence-corrected chi connectivity index (χ0v) is 15.4. The van der Waals surface area contributed by atoms with E-state index >= 15 is 0 Å². The minimum Gasteiger partial charge on any atom is -0.355 e. The van der Waals surface area contributed by atoms with E-state index in [0.717, 1.165) is 16.6 Å². The Bertz CT molecular complexity index is 499. The molecule has 0 saturated carbocycles. The van der Waals surface area contributed by atoms with Crippen LogP contribution in [-0.4, -0.2) is 4.98 Å². The summed E-state index contributed by atoms with van der Waals surface area (Å²) < 4.78 is 0. The van der Waals surface area contributed by atoms with Gasteiger partial charge in [0.1, 0.15) is 0 Å². The molecule has 1 heterocycles. The van der Waals surface area contributed by atoms with Crippen molar-refractivity contribution < 1.29 is 0 Å². The second-order valence-electron chi connectivity index (χ2n) is 3.17. The first kappa shape index (κ1) is 24.3. The first-order chi connectivity index (χ1) is 10.3. The summed E-state index contributed by atoms with van der Waals surface area (Å²) in [6.45, 7) is 23.6. The molecule has 0 aliphatic carbocycles. The molecule has 1 rings (SSSR count). The van der Waals surface area contributed by atoms with Crippen molar-refractivity contribution in [1.29, 1.82) is 0 Å². The number of aromatic amines is 1. The highest BCUT2D eigenvalue weighted by atomic mass is 14.7. The van der Waals surface area contributed by atoms with Gasteiger partial charge in [0.2, 0.25) is 0 Å². The molecule has 0 unspecified atom stereocenters. The van der Waals surface area contributed by atoms with Crippen molar-refractivity contribution in [3.8, 4) is 0 Å². The van der Waals surface area contributed by atoms with Gasteiger partial charge in [-0.25, -0.2) is 0 Å². The highest BCUT2D eigenvalue weighted by Gasteiger charge is 2.00. The molecule has 1 N–H and O–H groups in total. The van der Waals surface area contributed by atoms with Gasteiger partial charge in [-0.1, -0.05) is 79.0 Å². The topological polar surface area (TPSA) is 15.8 Å². The predicted molar refractivity (Wildman–Crippen MR) is 104 cm³/mol. The Kier molecular flexibility index (Phi) is 21.1. The van der Waals surface area contributed by atoms with Gasteiger partial charge in [-0.2, -0.15) is 0 Å². The van der Waals surface area contributed by atoms with E-state index in [-0.39, 0.29) is 0 Å². The van der Waals surface area contributed by atoms with Crippen molar-refractivity contribution >= 4 is 24.3 Å². The summed E-state index contributed by atoms with van der Waals surface area (Å²) in [5, 5.41) is 2.26. The molecule has 1 heteroatoms. The van der Waals surface area contributed by atoms with Gasteiger partial charge in [0.25, 0.3) is 0 Å². The van der Waals surface area contributed by atoms with Crippen LogP contribution in [0.1, 0.15) is 66.6 Å². The Morgan fingerprint density at radius 1 is 0.905 bits per heavy atom. The van der Waals surface area contributed by atoms with E-state index in [1.54, 1.807) is 6.08 Å². The van der Waals surface area contributed by atoms with Crippen LogP contribution < -0.4 is 10.6 Å². The minimum absolute atomic E-state index is 1.08. The van der Waals surface area contributed by atoms with Gasteiger partial charge in [0.05, 0.1) is 0 Å². The molecule has 0 aliphatic heterocycles.